The first-order chi connectivity index (χ1) is 8.66. The number of anilines is 1. The van der Waals surface area contributed by atoms with Crippen molar-refractivity contribution in [3.8, 4) is 11.1 Å². The van der Waals surface area contributed by atoms with Crippen LogP contribution in [0, 0.1) is 12.7 Å². The first-order valence-corrected chi connectivity index (χ1v) is 5.53. The molecule has 0 saturated heterocycles. The molecule has 0 fully saturated rings. The predicted octanol–water partition coefficient (Wildman–Crippen LogP) is 2.43. The molecule has 0 spiro atoms. The third-order valence-corrected chi connectivity index (χ3v) is 2.92. The summed E-state index contributed by atoms with van der Waals surface area (Å²) in [5.74, 6) is -0.0446. The van der Waals surface area contributed by atoms with Gasteiger partial charge in [-0.2, -0.15) is 4.98 Å². The normalized spacial score (nSPS) is 11.0. The van der Waals surface area contributed by atoms with Gasteiger partial charge in [-0.25, -0.2) is 8.91 Å². The van der Waals surface area contributed by atoms with E-state index in [-0.39, 0.29) is 11.8 Å². The van der Waals surface area contributed by atoms with E-state index in [1.54, 1.807) is 28.8 Å². The second kappa shape index (κ2) is 3.80. The van der Waals surface area contributed by atoms with Gasteiger partial charge in [-0.1, -0.05) is 18.2 Å². The Hall–Kier alpha value is -2.43. The van der Waals surface area contributed by atoms with Gasteiger partial charge in [-0.15, -0.1) is 5.10 Å². The molecule has 3 rings (SSSR count). The second-order valence-corrected chi connectivity index (χ2v) is 4.05. The lowest BCUT2D eigenvalue weighted by Gasteiger charge is -2.08. The smallest absolute Gasteiger partial charge is 0.240 e. The van der Waals surface area contributed by atoms with E-state index in [1.807, 2.05) is 13.0 Å². The van der Waals surface area contributed by atoms with Crippen molar-refractivity contribution in [3.05, 3.63) is 47.9 Å². The molecule has 2 N–H and O–H groups in total. The maximum absolute atomic E-state index is 13.8. The fraction of sp³-hybridized carbons (Fsp3) is 0.0769. The SMILES string of the molecule is Cc1c(-c2ccccc2F)ccc2nc(N)nn12. The second-order valence-electron chi connectivity index (χ2n) is 4.05. The minimum absolute atomic E-state index is 0.212. The van der Waals surface area contributed by atoms with Gasteiger partial charge in [0.15, 0.2) is 5.65 Å². The van der Waals surface area contributed by atoms with Crippen LogP contribution < -0.4 is 5.73 Å². The van der Waals surface area contributed by atoms with E-state index in [0.717, 1.165) is 11.3 Å². The number of aryl methyl sites for hydroxylation is 1. The van der Waals surface area contributed by atoms with Crippen molar-refractivity contribution in [2.24, 2.45) is 0 Å². The van der Waals surface area contributed by atoms with Gasteiger partial charge >= 0.3 is 0 Å². The van der Waals surface area contributed by atoms with Gasteiger partial charge in [0.1, 0.15) is 5.82 Å². The Labute approximate surface area is 103 Å². The van der Waals surface area contributed by atoms with Crippen LogP contribution in [0.4, 0.5) is 10.3 Å². The molecule has 3 aromatic rings. The molecule has 0 aliphatic rings. The minimum atomic E-state index is -0.256. The number of nitrogen functional groups attached to an aromatic ring is 1. The van der Waals surface area contributed by atoms with Crippen LogP contribution in [0.25, 0.3) is 16.8 Å². The maximum Gasteiger partial charge on any atom is 0.240 e. The molecule has 2 heterocycles. The predicted molar refractivity (Wildman–Crippen MR) is 67.5 cm³/mol. The fourth-order valence-electron chi connectivity index (χ4n) is 2.05. The molecule has 0 aliphatic heterocycles. The lowest BCUT2D eigenvalue weighted by atomic mass is 10.0. The van der Waals surface area contributed by atoms with Gasteiger partial charge in [-0.3, -0.25) is 0 Å². The number of halogens is 1. The highest BCUT2D eigenvalue weighted by atomic mass is 19.1. The Kier molecular flexibility index (Phi) is 2.26. The lowest BCUT2D eigenvalue weighted by molar-refractivity contribution is 0.631. The zero-order valence-corrected chi connectivity index (χ0v) is 9.76. The van der Waals surface area contributed by atoms with Crippen molar-refractivity contribution in [1.29, 1.82) is 0 Å². The number of nitrogens with zero attached hydrogens (tertiary/aromatic N) is 3. The summed E-state index contributed by atoms with van der Waals surface area (Å²) < 4.78 is 15.4. The zero-order chi connectivity index (χ0) is 12.7. The van der Waals surface area contributed by atoms with E-state index in [9.17, 15) is 4.39 Å². The van der Waals surface area contributed by atoms with Crippen LogP contribution in [0.3, 0.4) is 0 Å². The van der Waals surface area contributed by atoms with Gasteiger partial charge in [-0.05, 0) is 25.1 Å². The summed E-state index contributed by atoms with van der Waals surface area (Å²) in [6, 6.07) is 10.3. The number of aromatic nitrogens is 3. The van der Waals surface area contributed by atoms with E-state index >= 15 is 0 Å². The minimum Gasteiger partial charge on any atom is -0.366 e. The largest absolute Gasteiger partial charge is 0.366 e. The first kappa shape index (κ1) is 10.7. The van der Waals surface area contributed by atoms with Crippen molar-refractivity contribution >= 4 is 11.6 Å². The van der Waals surface area contributed by atoms with Crippen molar-refractivity contribution in [3.63, 3.8) is 0 Å². The van der Waals surface area contributed by atoms with Crippen molar-refractivity contribution < 1.29 is 4.39 Å². The van der Waals surface area contributed by atoms with Crippen molar-refractivity contribution in [2.45, 2.75) is 6.92 Å². The number of hydrogen-bond acceptors (Lipinski definition) is 3. The van der Waals surface area contributed by atoms with E-state index < -0.39 is 0 Å². The summed E-state index contributed by atoms with van der Waals surface area (Å²) in [6.45, 7) is 1.86. The van der Waals surface area contributed by atoms with Gasteiger partial charge in [0.2, 0.25) is 5.95 Å². The molecule has 90 valence electrons. The Balaban J connectivity index is 2.30. The van der Waals surface area contributed by atoms with E-state index in [0.29, 0.717) is 11.2 Å². The Bertz CT molecular complexity index is 733. The number of nitrogens with two attached hydrogens (primary N) is 1. The molecule has 0 saturated carbocycles. The highest BCUT2D eigenvalue weighted by Gasteiger charge is 2.11. The highest BCUT2D eigenvalue weighted by Crippen LogP contribution is 2.26. The van der Waals surface area contributed by atoms with E-state index in [1.165, 1.54) is 6.07 Å². The Morgan fingerprint density at radius 2 is 1.89 bits per heavy atom. The highest BCUT2D eigenvalue weighted by molar-refractivity contribution is 5.68. The molecule has 2 aromatic heterocycles. The quantitative estimate of drug-likeness (QED) is 0.713. The molecule has 0 atom stereocenters. The van der Waals surface area contributed by atoms with Crippen LogP contribution in [0.1, 0.15) is 5.69 Å². The van der Waals surface area contributed by atoms with Crippen molar-refractivity contribution in [1.82, 2.24) is 14.6 Å². The molecule has 4 nitrogen and oxygen atoms in total. The maximum atomic E-state index is 13.8. The number of benzene rings is 1. The van der Waals surface area contributed by atoms with Gasteiger partial charge in [0.05, 0.1) is 0 Å². The van der Waals surface area contributed by atoms with Gasteiger partial charge < -0.3 is 5.73 Å². The van der Waals surface area contributed by atoms with E-state index in [2.05, 4.69) is 10.1 Å². The molecule has 0 radical (unpaired) electrons. The zero-order valence-electron chi connectivity index (χ0n) is 9.76. The van der Waals surface area contributed by atoms with Gasteiger partial charge in [0.25, 0.3) is 0 Å². The summed E-state index contributed by atoms with van der Waals surface area (Å²) in [5, 5.41) is 4.09. The van der Waals surface area contributed by atoms with Crippen LogP contribution >= 0.6 is 0 Å². The number of hydrogen-bond donors (Lipinski definition) is 1. The molecule has 0 unspecified atom stereocenters. The average Bonchev–Trinajstić information content (AvgIpc) is 2.73. The monoisotopic (exact) mass is 242 g/mol. The van der Waals surface area contributed by atoms with Gasteiger partial charge in [0, 0.05) is 16.8 Å². The molecule has 18 heavy (non-hydrogen) atoms. The molecular weight excluding hydrogens is 231 g/mol. The number of rotatable bonds is 1. The number of pyridine rings is 1. The summed E-state index contributed by atoms with van der Waals surface area (Å²) in [6.07, 6.45) is 0. The fourth-order valence-corrected chi connectivity index (χ4v) is 2.05. The molecule has 0 aliphatic carbocycles. The van der Waals surface area contributed by atoms with Crippen molar-refractivity contribution in [2.75, 3.05) is 5.73 Å². The summed E-state index contributed by atoms with van der Waals surface area (Å²) in [4.78, 5) is 4.07. The topological polar surface area (TPSA) is 56.2 Å². The molecular formula is C13H11FN4. The van der Waals surface area contributed by atoms with E-state index in [4.69, 9.17) is 5.73 Å². The average molecular weight is 242 g/mol. The number of fused-ring (bicyclic) bond motifs is 1. The van der Waals surface area contributed by atoms with Crippen LogP contribution in [0.5, 0.6) is 0 Å². The van der Waals surface area contributed by atoms with Crippen LogP contribution in [-0.2, 0) is 0 Å². The standard InChI is InChI=1S/C13H11FN4/c1-8-9(10-4-2-3-5-11(10)14)6-7-12-16-13(15)17-18(8)12/h2-7H,1H3,(H2,15,17). The first-order valence-electron chi connectivity index (χ1n) is 5.53. The Morgan fingerprint density at radius 3 is 2.67 bits per heavy atom. The summed E-state index contributed by atoms with van der Waals surface area (Å²) >= 11 is 0. The third-order valence-electron chi connectivity index (χ3n) is 2.92. The third kappa shape index (κ3) is 1.52. The summed E-state index contributed by atoms with van der Waals surface area (Å²) in [7, 11) is 0. The summed E-state index contributed by atoms with van der Waals surface area (Å²) in [5.41, 5.74) is 8.36. The molecule has 0 amide bonds. The van der Waals surface area contributed by atoms with Crippen LogP contribution in [-0.4, -0.2) is 14.6 Å². The molecule has 1 aromatic carbocycles. The van der Waals surface area contributed by atoms with Crippen LogP contribution in [0.2, 0.25) is 0 Å². The molecule has 5 heteroatoms. The Morgan fingerprint density at radius 1 is 1.11 bits per heavy atom. The molecule has 0 bridgehead atoms. The van der Waals surface area contributed by atoms with Crippen LogP contribution in [0.15, 0.2) is 36.4 Å². The lowest BCUT2D eigenvalue weighted by Crippen LogP contribution is -1.98.